The molecule has 0 fully saturated rings. The molecule has 0 saturated carbocycles. The van der Waals surface area contributed by atoms with Gasteiger partial charge in [0.2, 0.25) is 5.88 Å². The summed E-state index contributed by atoms with van der Waals surface area (Å²) in [5.41, 5.74) is 4.82. The van der Waals surface area contributed by atoms with E-state index < -0.39 is 11.7 Å². The zero-order valence-electron chi connectivity index (χ0n) is 9.99. The van der Waals surface area contributed by atoms with Crippen molar-refractivity contribution in [3.63, 3.8) is 0 Å². The van der Waals surface area contributed by atoms with Gasteiger partial charge in [0.15, 0.2) is 0 Å². The van der Waals surface area contributed by atoms with Gasteiger partial charge in [-0.05, 0) is 33.6 Å². The first kappa shape index (κ1) is 14.7. The number of nitrogens with two attached hydrogens (primary N) is 1. The molecule has 20 heavy (non-hydrogen) atoms. The molecule has 0 aliphatic rings. The van der Waals surface area contributed by atoms with E-state index in [9.17, 15) is 13.2 Å². The monoisotopic (exact) mass is 347 g/mol. The van der Waals surface area contributed by atoms with Crippen LogP contribution in [0.1, 0.15) is 11.1 Å². The van der Waals surface area contributed by atoms with Crippen LogP contribution in [0.4, 0.5) is 13.2 Å². The Morgan fingerprint density at radius 2 is 2.05 bits per heavy atom. The van der Waals surface area contributed by atoms with Crippen LogP contribution in [-0.2, 0) is 12.7 Å². The summed E-state index contributed by atoms with van der Waals surface area (Å²) < 4.78 is 44.6. The zero-order valence-corrected chi connectivity index (χ0v) is 11.6. The van der Waals surface area contributed by atoms with Gasteiger partial charge in [-0.1, -0.05) is 6.07 Å². The molecular weight excluding hydrogens is 339 g/mol. The molecule has 106 valence electrons. The van der Waals surface area contributed by atoms with Gasteiger partial charge in [0.25, 0.3) is 0 Å². The van der Waals surface area contributed by atoms with Gasteiger partial charge in [0.05, 0.1) is 10.0 Å². The lowest BCUT2D eigenvalue weighted by Gasteiger charge is -2.14. The van der Waals surface area contributed by atoms with Crippen LogP contribution >= 0.6 is 15.9 Å². The number of benzene rings is 1. The third kappa shape index (κ3) is 3.26. The molecule has 0 amide bonds. The van der Waals surface area contributed by atoms with Crippen LogP contribution in [0.2, 0.25) is 0 Å². The summed E-state index contributed by atoms with van der Waals surface area (Å²) >= 11 is 3.11. The minimum atomic E-state index is -4.54. The lowest BCUT2D eigenvalue weighted by atomic mass is 10.1. The van der Waals surface area contributed by atoms with Crippen molar-refractivity contribution in [3.8, 4) is 11.6 Å². The number of ether oxygens (including phenoxy) is 1. The highest BCUT2D eigenvalue weighted by molar-refractivity contribution is 9.10. The molecule has 4 nitrogen and oxygen atoms in total. The maximum Gasteiger partial charge on any atom is 0.419 e. The van der Waals surface area contributed by atoms with Gasteiger partial charge in [0.1, 0.15) is 12.1 Å². The van der Waals surface area contributed by atoms with Gasteiger partial charge >= 0.3 is 6.18 Å². The van der Waals surface area contributed by atoms with Crippen molar-refractivity contribution in [2.24, 2.45) is 5.73 Å². The van der Waals surface area contributed by atoms with Gasteiger partial charge < -0.3 is 10.5 Å². The molecule has 2 aromatic rings. The topological polar surface area (TPSA) is 61.0 Å². The summed E-state index contributed by atoms with van der Waals surface area (Å²) in [4.78, 5) is 7.48. The second-order valence-corrected chi connectivity index (χ2v) is 4.66. The molecular formula is C12H9BrF3N3O. The first-order chi connectivity index (χ1) is 9.41. The largest absolute Gasteiger partial charge is 0.437 e. The molecule has 0 saturated heterocycles. The highest BCUT2D eigenvalue weighted by atomic mass is 79.9. The van der Waals surface area contributed by atoms with Gasteiger partial charge in [0, 0.05) is 12.7 Å². The summed E-state index contributed by atoms with van der Waals surface area (Å²) in [7, 11) is 0. The molecule has 2 rings (SSSR count). The van der Waals surface area contributed by atoms with E-state index in [-0.39, 0.29) is 18.2 Å². The highest BCUT2D eigenvalue weighted by Crippen LogP contribution is 2.39. The molecule has 0 radical (unpaired) electrons. The van der Waals surface area contributed by atoms with Crippen LogP contribution < -0.4 is 10.5 Å². The Balaban J connectivity index is 2.44. The predicted octanol–water partition coefficient (Wildman–Crippen LogP) is 3.51. The molecule has 1 aromatic carbocycles. The normalized spacial score (nSPS) is 11.4. The quantitative estimate of drug-likeness (QED) is 0.922. The average Bonchev–Trinajstić information content (AvgIpc) is 2.40. The highest BCUT2D eigenvalue weighted by Gasteiger charge is 2.35. The molecule has 2 N–H and O–H groups in total. The Labute approximate surface area is 120 Å². The first-order valence-electron chi connectivity index (χ1n) is 5.45. The standard InChI is InChI=1S/C12H9BrF3N3O/c13-9-5-18-6-19-11(9)20-10-2-1-7(4-17)3-8(10)12(14,15)16/h1-3,5-6H,4,17H2. The average molecular weight is 348 g/mol. The molecule has 0 aliphatic heterocycles. The van der Waals surface area contributed by atoms with Crippen molar-refractivity contribution in [2.75, 3.05) is 0 Å². The van der Waals surface area contributed by atoms with Crippen molar-refractivity contribution < 1.29 is 17.9 Å². The Bertz CT molecular complexity index is 619. The van der Waals surface area contributed by atoms with Crippen molar-refractivity contribution in [2.45, 2.75) is 12.7 Å². The Morgan fingerprint density at radius 1 is 1.30 bits per heavy atom. The Hall–Kier alpha value is -1.67. The summed E-state index contributed by atoms with van der Waals surface area (Å²) in [5.74, 6) is -0.333. The molecule has 0 aliphatic carbocycles. The maximum atomic E-state index is 13.0. The van der Waals surface area contributed by atoms with E-state index in [2.05, 4.69) is 25.9 Å². The first-order valence-corrected chi connectivity index (χ1v) is 6.24. The van der Waals surface area contributed by atoms with Crippen LogP contribution in [0, 0.1) is 0 Å². The number of hydrogen-bond donors (Lipinski definition) is 1. The summed E-state index contributed by atoms with van der Waals surface area (Å²) in [6.45, 7) is 0.0144. The van der Waals surface area contributed by atoms with Crippen LogP contribution in [0.15, 0.2) is 35.2 Å². The van der Waals surface area contributed by atoms with Crippen LogP contribution in [-0.4, -0.2) is 9.97 Å². The van der Waals surface area contributed by atoms with E-state index in [4.69, 9.17) is 10.5 Å². The number of nitrogens with zero attached hydrogens (tertiary/aromatic N) is 2. The fourth-order valence-corrected chi connectivity index (χ4v) is 1.80. The molecule has 1 heterocycles. The Kier molecular flexibility index (Phi) is 4.24. The number of hydrogen-bond acceptors (Lipinski definition) is 4. The van der Waals surface area contributed by atoms with Gasteiger partial charge in [-0.2, -0.15) is 13.2 Å². The predicted molar refractivity (Wildman–Crippen MR) is 69.1 cm³/mol. The Morgan fingerprint density at radius 3 is 2.65 bits per heavy atom. The second-order valence-electron chi connectivity index (χ2n) is 3.81. The maximum absolute atomic E-state index is 13.0. The van der Waals surface area contributed by atoms with E-state index >= 15 is 0 Å². The summed E-state index contributed by atoms with van der Waals surface area (Å²) in [6, 6.07) is 3.66. The smallest absolute Gasteiger partial charge is 0.419 e. The molecule has 0 unspecified atom stereocenters. The van der Waals surface area contributed by atoms with Gasteiger partial charge in [-0.3, -0.25) is 0 Å². The molecule has 0 atom stereocenters. The summed E-state index contributed by atoms with van der Waals surface area (Å²) in [6.07, 6.45) is -1.98. The van der Waals surface area contributed by atoms with E-state index in [1.54, 1.807) is 0 Å². The fraction of sp³-hybridized carbons (Fsp3) is 0.167. The molecule has 8 heteroatoms. The van der Waals surface area contributed by atoms with Crippen LogP contribution in [0.25, 0.3) is 0 Å². The number of rotatable bonds is 3. The van der Waals surface area contributed by atoms with E-state index in [1.807, 2.05) is 0 Å². The van der Waals surface area contributed by atoms with Crippen LogP contribution in [0.3, 0.4) is 0 Å². The number of halogens is 4. The van der Waals surface area contributed by atoms with Crippen molar-refractivity contribution in [1.29, 1.82) is 0 Å². The number of aromatic nitrogens is 2. The van der Waals surface area contributed by atoms with Crippen molar-refractivity contribution in [1.82, 2.24) is 9.97 Å². The fourth-order valence-electron chi connectivity index (χ4n) is 1.50. The minimum Gasteiger partial charge on any atom is -0.437 e. The van der Waals surface area contributed by atoms with Crippen molar-refractivity contribution in [3.05, 3.63) is 46.3 Å². The summed E-state index contributed by atoms with van der Waals surface area (Å²) in [5, 5.41) is 0. The molecule has 0 spiro atoms. The number of alkyl halides is 3. The van der Waals surface area contributed by atoms with E-state index in [0.29, 0.717) is 10.0 Å². The van der Waals surface area contributed by atoms with Gasteiger partial charge in [-0.25, -0.2) is 9.97 Å². The third-order valence-electron chi connectivity index (χ3n) is 2.43. The zero-order chi connectivity index (χ0) is 14.8. The van der Waals surface area contributed by atoms with Crippen molar-refractivity contribution >= 4 is 15.9 Å². The van der Waals surface area contributed by atoms with E-state index in [0.717, 1.165) is 6.07 Å². The lowest BCUT2D eigenvalue weighted by Crippen LogP contribution is -2.09. The minimum absolute atomic E-state index is 0.00555. The molecule has 1 aromatic heterocycles. The van der Waals surface area contributed by atoms with Gasteiger partial charge in [-0.15, -0.1) is 0 Å². The van der Waals surface area contributed by atoms with Crippen LogP contribution in [0.5, 0.6) is 11.6 Å². The second kappa shape index (κ2) is 5.76. The van der Waals surface area contributed by atoms with E-state index in [1.165, 1.54) is 24.7 Å². The SMILES string of the molecule is NCc1ccc(Oc2ncncc2Br)c(C(F)(F)F)c1. The lowest BCUT2D eigenvalue weighted by molar-refractivity contribution is -0.138. The molecule has 0 bridgehead atoms. The third-order valence-corrected chi connectivity index (χ3v) is 2.97.